The van der Waals surface area contributed by atoms with E-state index in [9.17, 15) is 24.6 Å². The molecule has 1 aliphatic heterocycles. The molecule has 216 valence electrons. The number of carboxylic acid groups (broad SMARTS) is 1. The fraction of sp³-hybridized carbons (Fsp3) is 0.300. The number of hydroxylamine groups is 1. The molecule has 0 aromatic heterocycles. The lowest BCUT2D eigenvalue weighted by Crippen LogP contribution is -2.31. The van der Waals surface area contributed by atoms with Gasteiger partial charge in [-0.1, -0.05) is 48.5 Å². The van der Waals surface area contributed by atoms with Gasteiger partial charge in [0.25, 0.3) is 0 Å². The number of hydrogen-bond donors (Lipinski definition) is 5. The Balaban J connectivity index is 1.45. The van der Waals surface area contributed by atoms with Gasteiger partial charge < -0.3 is 25.0 Å². The summed E-state index contributed by atoms with van der Waals surface area (Å²) in [7, 11) is 0. The average Bonchev–Trinajstić information content (AvgIpc) is 3.00. The number of benzene rings is 3. The summed E-state index contributed by atoms with van der Waals surface area (Å²) in [5.74, 6) is -1.26. The Bertz CT molecular complexity index is 1330. The third-order valence-electron chi connectivity index (χ3n) is 6.56. The zero-order valence-electron chi connectivity index (χ0n) is 22.2. The Morgan fingerprint density at radius 1 is 0.878 bits per heavy atom. The third kappa shape index (κ3) is 8.62. The van der Waals surface area contributed by atoms with Gasteiger partial charge >= 0.3 is 5.97 Å². The van der Waals surface area contributed by atoms with Crippen LogP contribution in [0.15, 0.2) is 77.7 Å². The van der Waals surface area contributed by atoms with Crippen molar-refractivity contribution in [3.05, 3.63) is 95.1 Å². The van der Waals surface area contributed by atoms with Gasteiger partial charge in [0.15, 0.2) is 6.29 Å². The Morgan fingerprint density at radius 2 is 1.56 bits per heavy atom. The normalized spacial score (nSPS) is 18.4. The molecule has 3 atom stereocenters. The van der Waals surface area contributed by atoms with Gasteiger partial charge in [-0.25, -0.2) is 10.3 Å². The molecule has 2 amide bonds. The summed E-state index contributed by atoms with van der Waals surface area (Å²) in [5.41, 5.74) is 4.85. The summed E-state index contributed by atoms with van der Waals surface area (Å²) in [6.07, 6.45) is -0.212. The number of anilines is 1. The number of carbonyl (C=O) groups is 3. The van der Waals surface area contributed by atoms with Crippen LogP contribution >= 0.6 is 11.8 Å². The van der Waals surface area contributed by atoms with Crippen LogP contribution in [0.5, 0.6) is 0 Å². The zero-order valence-corrected chi connectivity index (χ0v) is 23.0. The summed E-state index contributed by atoms with van der Waals surface area (Å²) in [5, 5.41) is 30.3. The maximum atomic E-state index is 12.2. The van der Waals surface area contributed by atoms with Gasteiger partial charge in [0, 0.05) is 41.2 Å². The van der Waals surface area contributed by atoms with Gasteiger partial charge in [-0.05, 0) is 41.8 Å². The number of carbonyl (C=O) groups excluding carboxylic acids is 2. The molecule has 41 heavy (non-hydrogen) atoms. The van der Waals surface area contributed by atoms with Crippen molar-refractivity contribution in [3.63, 3.8) is 0 Å². The van der Waals surface area contributed by atoms with Gasteiger partial charge in [-0.3, -0.25) is 14.8 Å². The molecule has 10 nitrogen and oxygen atoms in total. The lowest BCUT2D eigenvalue weighted by Gasteiger charge is -2.36. The van der Waals surface area contributed by atoms with E-state index in [-0.39, 0.29) is 43.1 Å². The molecule has 0 aliphatic carbocycles. The number of aliphatic hydroxyl groups excluding tert-OH is 1. The quantitative estimate of drug-likeness (QED) is 0.115. The fourth-order valence-electron chi connectivity index (χ4n) is 4.39. The van der Waals surface area contributed by atoms with E-state index in [1.807, 2.05) is 24.3 Å². The smallest absolute Gasteiger partial charge is 0.336 e. The van der Waals surface area contributed by atoms with Crippen molar-refractivity contribution in [2.75, 3.05) is 11.1 Å². The van der Waals surface area contributed by atoms with E-state index in [0.29, 0.717) is 29.2 Å². The molecule has 0 bridgehead atoms. The number of aromatic carboxylic acids is 1. The standard InChI is InChI=1S/C30H32N2O8S/c33-17-19-8-10-20(11-9-19)25-16-23(18-41-26-5-2-1-4-24(26)29(36)37)39-30(40-25)21-12-14-22(15-13-21)31-27(34)6-3-7-28(35)32-38/h1-2,4-5,8-15,23,25,30,33,38H,3,6-7,16-18H2,(H,31,34)(H,32,35)(H,36,37). The van der Waals surface area contributed by atoms with Crippen LogP contribution in [0, 0.1) is 0 Å². The highest BCUT2D eigenvalue weighted by molar-refractivity contribution is 7.99. The summed E-state index contributed by atoms with van der Waals surface area (Å²) in [4.78, 5) is 35.6. The van der Waals surface area contributed by atoms with Gasteiger partial charge in [0.05, 0.1) is 24.4 Å². The molecular weight excluding hydrogens is 548 g/mol. The molecule has 4 rings (SSSR count). The second-order valence-electron chi connectivity index (χ2n) is 9.52. The van der Waals surface area contributed by atoms with E-state index >= 15 is 0 Å². The Morgan fingerprint density at radius 3 is 2.24 bits per heavy atom. The molecule has 1 heterocycles. The minimum atomic E-state index is -0.983. The van der Waals surface area contributed by atoms with Crippen LogP contribution in [-0.2, 0) is 25.7 Å². The van der Waals surface area contributed by atoms with Gasteiger partial charge in [0.2, 0.25) is 11.8 Å². The highest BCUT2D eigenvalue weighted by Gasteiger charge is 2.32. The number of aliphatic hydroxyl groups is 1. The third-order valence-corrected chi connectivity index (χ3v) is 7.76. The maximum Gasteiger partial charge on any atom is 0.336 e. The van der Waals surface area contributed by atoms with Crippen molar-refractivity contribution >= 4 is 35.2 Å². The molecular formula is C30H32N2O8S. The number of amides is 2. The monoisotopic (exact) mass is 580 g/mol. The molecule has 1 saturated heterocycles. The highest BCUT2D eigenvalue weighted by Crippen LogP contribution is 2.40. The van der Waals surface area contributed by atoms with Crippen molar-refractivity contribution < 1.29 is 39.3 Å². The SMILES string of the molecule is O=C(CCCC(=O)Nc1ccc(C2OC(CSc3ccccc3C(=O)O)CC(c3ccc(CO)cc3)O2)cc1)NO. The minimum absolute atomic E-state index is 0.0461. The Hall–Kier alpha value is -3.74. The summed E-state index contributed by atoms with van der Waals surface area (Å²) < 4.78 is 12.7. The van der Waals surface area contributed by atoms with Crippen molar-refractivity contribution in [2.45, 2.75) is 55.7 Å². The van der Waals surface area contributed by atoms with Crippen LogP contribution in [0.4, 0.5) is 5.69 Å². The molecule has 3 aromatic carbocycles. The van der Waals surface area contributed by atoms with E-state index in [0.717, 1.165) is 16.7 Å². The second-order valence-corrected chi connectivity index (χ2v) is 10.6. The maximum absolute atomic E-state index is 12.2. The Labute approximate surface area is 241 Å². The topological polar surface area (TPSA) is 154 Å². The van der Waals surface area contributed by atoms with Crippen LogP contribution in [0.3, 0.4) is 0 Å². The van der Waals surface area contributed by atoms with E-state index in [1.165, 1.54) is 11.8 Å². The summed E-state index contributed by atoms with van der Waals surface area (Å²) in [6, 6.07) is 21.5. The molecule has 5 N–H and O–H groups in total. The van der Waals surface area contributed by atoms with Gasteiger partial charge in [0.1, 0.15) is 0 Å². The van der Waals surface area contributed by atoms with Crippen LogP contribution in [0.1, 0.15) is 65.1 Å². The summed E-state index contributed by atoms with van der Waals surface area (Å²) >= 11 is 1.42. The largest absolute Gasteiger partial charge is 0.478 e. The first-order valence-corrected chi connectivity index (χ1v) is 14.1. The average molecular weight is 581 g/mol. The van der Waals surface area contributed by atoms with Crippen molar-refractivity contribution in [3.8, 4) is 0 Å². The van der Waals surface area contributed by atoms with Crippen LogP contribution in [0.2, 0.25) is 0 Å². The lowest BCUT2D eigenvalue weighted by molar-refractivity contribution is -0.245. The van der Waals surface area contributed by atoms with E-state index < -0.39 is 18.2 Å². The van der Waals surface area contributed by atoms with Crippen molar-refractivity contribution in [2.24, 2.45) is 0 Å². The molecule has 3 aromatic rings. The molecule has 1 fully saturated rings. The van der Waals surface area contributed by atoms with Crippen LogP contribution in [0.25, 0.3) is 0 Å². The number of hydrogen-bond acceptors (Lipinski definition) is 8. The molecule has 3 unspecified atom stereocenters. The second kappa shape index (κ2) is 14.8. The number of nitrogens with one attached hydrogen (secondary N) is 2. The first-order chi connectivity index (χ1) is 19.9. The molecule has 0 saturated carbocycles. The molecule has 0 spiro atoms. The van der Waals surface area contributed by atoms with Gasteiger partial charge in [-0.2, -0.15) is 0 Å². The van der Waals surface area contributed by atoms with E-state index in [4.69, 9.17) is 14.7 Å². The van der Waals surface area contributed by atoms with Crippen molar-refractivity contribution in [1.82, 2.24) is 5.48 Å². The fourth-order valence-corrected chi connectivity index (χ4v) is 5.45. The first kappa shape index (κ1) is 30.2. The highest BCUT2D eigenvalue weighted by atomic mass is 32.2. The predicted molar refractivity (Wildman–Crippen MR) is 151 cm³/mol. The summed E-state index contributed by atoms with van der Waals surface area (Å²) in [6.45, 7) is -0.0549. The predicted octanol–water partition coefficient (Wildman–Crippen LogP) is 4.83. The van der Waals surface area contributed by atoms with E-state index in [1.54, 1.807) is 54.0 Å². The lowest BCUT2D eigenvalue weighted by atomic mass is 10.0. The molecule has 0 radical (unpaired) electrons. The first-order valence-electron chi connectivity index (χ1n) is 13.1. The number of ether oxygens (including phenoxy) is 2. The number of thioether (sulfide) groups is 1. The van der Waals surface area contributed by atoms with Gasteiger partial charge in [-0.15, -0.1) is 11.8 Å². The minimum Gasteiger partial charge on any atom is -0.478 e. The number of rotatable bonds is 12. The van der Waals surface area contributed by atoms with Crippen LogP contribution in [-0.4, -0.2) is 45.1 Å². The Kier molecular flexibility index (Phi) is 10.9. The molecule has 1 aliphatic rings. The van der Waals surface area contributed by atoms with Crippen LogP contribution < -0.4 is 10.8 Å². The molecule has 11 heteroatoms. The van der Waals surface area contributed by atoms with E-state index in [2.05, 4.69) is 5.32 Å². The number of carboxylic acids is 1. The zero-order chi connectivity index (χ0) is 29.2. The van der Waals surface area contributed by atoms with Crippen molar-refractivity contribution in [1.29, 1.82) is 0 Å².